The van der Waals surface area contributed by atoms with Crippen LogP contribution in [0.5, 0.6) is 11.5 Å². The molecule has 0 heterocycles. The number of alkyl halides is 1. The molecule has 0 aliphatic rings. The molecule has 0 amide bonds. The second-order valence-electron chi connectivity index (χ2n) is 3.66. The highest BCUT2D eigenvalue weighted by atomic mass is 79.9. The third kappa shape index (κ3) is 5.34. The molecule has 0 unspecified atom stereocenters. The number of methoxy groups -OCH3 is 2. The van der Waals surface area contributed by atoms with E-state index in [0.717, 1.165) is 17.3 Å². The molecule has 1 aromatic rings. The normalized spacial score (nSPS) is 10.5. The van der Waals surface area contributed by atoms with Crippen LogP contribution in [0.2, 0.25) is 0 Å². The fourth-order valence-electron chi connectivity index (χ4n) is 1.38. The Balaban J connectivity index is 2.82. The van der Waals surface area contributed by atoms with Crippen LogP contribution in [0, 0.1) is 0 Å². The topological polar surface area (TPSA) is 44.8 Å². The Labute approximate surface area is 121 Å². The van der Waals surface area contributed by atoms with Crippen LogP contribution in [0.25, 0.3) is 6.08 Å². The predicted octanol–water partition coefficient (Wildman–Crippen LogP) is 3.05. The minimum atomic E-state index is -0.391. The Bertz CT molecular complexity index is 443. The smallest absolute Gasteiger partial charge is 0.330 e. The van der Waals surface area contributed by atoms with Crippen molar-refractivity contribution in [1.29, 1.82) is 0 Å². The number of esters is 1. The third-order valence-corrected chi connectivity index (χ3v) is 2.90. The van der Waals surface area contributed by atoms with Gasteiger partial charge >= 0.3 is 5.97 Å². The number of halogens is 1. The Kier molecular flexibility index (Phi) is 7.03. The molecule has 0 aliphatic carbocycles. The van der Waals surface area contributed by atoms with Crippen molar-refractivity contribution < 1.29 is 19.0 Å². The van der Waals surface area contributed by atoms with Gasteiger partial charge in [0.15, 0.2) is 11.5 Å². The summed E-state index contributed by atoms with van der Waals surface area (Å²) in [6.45, 7) is 0.603. The van der Waals surface area contributed by atoms with E-state index < -0.39 is 5.97 Å². The molecule has 0 aromatic heterocycles. The van der Waals surface area contributed by atoms with Crippen molar-refractivity contribution in [2.75, 3.05) is 26.2 Å². The molecular formula is C14H17BrO4. The molecule has 0 fully saturated rings. The van der Waals surface area contributed by atoms with Gasteiger partial charge in [-0.15, -0.1) is 0 Å². The van der Waals surface area contributed by atoms with Crippen LogP contribution in [-0.2, 0) is 9.53 Å². The lowest BCUT2D eigenvalue weighted by Crippen LogP contribution is -2.00. The first-order valence-corrected chi connectivity index (χ1v) is 6.96. The van der Waals surface area contributed by atoms with E-state index in [1.54, 1.807) is 19.3 Å². The molecule has 104 valence electrons. The average molecular weight is 329 g/mol. The predicted molar refractivity (Wildman–Crippen MR) is 78.0 cm³/mol. The molecule has 0 radical (unpaired) electrons. The Morgan fingerprint density at radius 3 is 2.74 bits per heavy atom. The van der Waals surface area contributed by atoms with E-state index in [2.05, 4.69) is 20.7 Å². The van der Waals surface area contributed by atoms with Crippen molar-refractivity contribution in [1.82, 2.24) is 0 Å². The van der Waals surface area contributed by atoms with Gasteiger partial charge in [0.2, 0.25) is 0 Å². The quantitative estimate of drug-likeness (QED) is 0.334. The van der Waals surface area contributed by atoms with E-state index >= 15 is 0 Å². The standard InChI is InChI=1S/C14H17BrO4/c1-17-12-6-4-11(5-7-14(16)18-2)10-13(12)19-9-3-8-15/h4-7,10H,3,8-9H2,1-2H3/b7-5+. The van der Waals surface area contributed by atoms with E-state index in [0.29, 0.717) is 18.1 Å². The summed E-state index contributed by atoms with van der Waals surface area (Å²) in [5.74, 6) is 0.942. The van der Waals surface area contributed by atoms with Crippen LogP contribution in [-0.4, -0.2) is 32.1 Å². The number of benzene rings is 1. The summed E-state index contributed by atoms with van der Waals surface area (Å²) in [4.78, 5) is 11.0. The van der Waals surface area contributed by atoms with Crippen molar-refractivity contribution in [2.45, 2.75) is 6.42 Å². The maximum Gasteiger partial charge on any atom is 0.330 e. The lowest BCUT2D eigenvalue weighted by atomic mass is 10.2. The molecule has 0 spiro atoms. The highest BCUT2D eigenvalue weighted by molar-refractivity contribution is 9.09. The molecule has 19 heavy (non-hydrogen) atoms. The molecule has 5 heteroatoms. The highest BCUT2D eigenvalue weighted by Crippen LogP contribution is 2.28. The number of rotatable bonds is 7. The van der Waals surface area contributed by atoms with Crippen molar-refractivity contribution in [3.8, 4) is 11.5 Å². The van der Waals surface area contributed by atoms with Crippen LogP contribution in [0.4, 0.5) is 0 Å². The zero-order chi connectivity index (χ0) is 14.1. The van der Waals surface area contributed by atoms with Gasteiger partial charge in [0.1, 0.15) is 0 Å². The van der Waals surface area contributed by atoms with Gasteiger partial charge in [-0.3, -0.25) is 0 Å². The zero-order valence-electron chi connectivity index (χ0n) is 11.0. The molecule has 0 aliphatic heterocycles. The molecule has 0 saturated heterocycles. The van der Waals surface area contributed by atoms with E-state index in [1.165, 1.54) is 13.2 Å². The van der Waals surface area contributed by atoms with Crippen LogP contribution in [0.15, 0.2) is 24.3 Å². The van der Waals surface area contributed by atoms with E-state index in [4.69, 9.17) is 9.47 Å². The highest BCUT2D eigenvalue weighted by Gasteiger charge is 2.05. The SMILES string of the molecule is COC(=O)/C=C/c1ccc(OC)c(OCCCBr)c1. The summed E-state index contributed by atoms with van der Waals surface area (Å²) in [7, 11) is 2.94. The summed E-state index contributed by atoms with van der Waals surface area (Å²) >= 11 is 3.35. The van der Waals surface area contributed by atoms with Gasteiger partial charge in [0.25, 0.3) is 0 Å². The maximum absolute atomic E-state index is 11.0. The zero-order valence-corrected chi connectivity index (χ0v) is 12.6. The van der Waals surface area contributed by atoms with Crippen molar-refractivity contribution in [3.05, 3.63) is 29.8 Å². The third-order valence-electron chi connectivity index (χ3n) is 2.34. The van der Waals surface area contributed by atoms with Gasteiger partial charge in [0, 0.05) is 11.4 Å². The van der Waals surface area contributed by atoms with Crippen molar-refractivity contribution >= 4 is 28.0 Å². The Morgan fingerprint density at radius 2 is 2.11 bits per heavy atom. The molecule has 0 saturated carbocycles. The molecular weight excluding hydrogens is 312 g/mol. The monoisotopic (exact) mass is 328 g/mol. The summed E-state index contributed by atoms with van der Waals surface area (Å²) in [5.41, 5.74) is 0.847. The fourth-order valence-corrected chi connectivity index (χ4v) is 1.61. The first-order valence-electron chi connectivity index (χ1n) is 5.84. The number of hydrogen-bond acceptors (Lipinski definition) is 4. The molecule has 0 atom stereocenters. The van der Waals surface area contributed by atoms with Gasteiger partial charge in [-0.25, -0.2) is 4.79 Å². The average Bonchev–Trinajstić information content (AvgIpc) is 2.45. The van der Waals surface area contributed by atoms with Crippen LogP contribution >= 0.6 is 15.9 Å². The summed E-state index contributed by atoms with van der Waals surface area (Å²) in [5, 5.41) is 0.886. The number of ether oxygens (including phenoxy) is 3. The first-order chi connectivity index (χ1) is 9.21. The molecule has 4 nitrogen and oxygen atoms in total. The van der Waals surface area contributed by atoms with Crippen LogP contribution < -0.4 is 9.47 Å². The summed E-state index contributed by atoms with van der Waals surface area (Å²) < 4.78 is 15.4. The lowest BCUT2D eigenvalue weighted by molar-refractivity contribution is -0.134. The molecule has 1 rings (SSSR count). The molecule has 0 N–H and O–H groups in total. The lowest BCUT2D eigenvalue weighted by Gasteiger charge is -2.10. The largest absolute Gasteiger partial charge is 0.493 e. The summed E-state index contributed by atoms with van der Waals surface area (Å²) in [6.07, 6.45) is 3.94. The van der Waals surface area contributed by atoms with Crippen molar-refractivity contribution in [3.63, 3.8) is 0 Å². The van der Waals surface area contributed by atoms with E-state index in [9.17, 15) is 4.79 Å². The second kappa shape index (κ2) is 8.58. The van der Waals surface area contributed by atoms with Crippen LogP contribution in [0.3, 0.4) is 0 Å². The Hall–Kier alpha value is -1.49. The minimum absolute atomic E-state index is 0.391. The number of hydrogen-bond donors (Lipinski definition) is 0. The van der Waals surface area contributed by atoms with Gasteiger partial charge in [-0.05, 0) is 30.2 Å². The molecule has 0 bridgehead atoms. The second-order valence-corrected chi connectivity index (χ2v) is 4.45. The maximum atomic E-state index is 11.0. The van der Waals surface area contributed by atoms with Gasteiger partial charge < -0.3 is 14.2 Å². The Morgan fingerprint density at radius 1 is 1.32 bits per heavy atom. The van der Waals surface area contributed by atoms with E-state index in [-0.39, 0.29) is 0 Å². The van der Waals surface area contributed by atoms with Crippen LogP contribution in [0.1, 0.15) is 12.0 Å². The number of carbonyl (C=O) groups excluding carboxylic acids is 1. The summed E-state index contributed by atoms with van der Waals surface area (Å²) in [6, 6.07) is 5.47. The number of carbonyl (C=O) groups is 1. The van der Waals surface area contributed by atoms with E-state index in [1.807, 2.05) is 12.1 Å². The van der Waals surface area contributed by atoms with Gasteiger partial charge in [-0.2, -0.15) is 0 Å². The van der Waals surface area contributed by atoms with Gasteiger partial charge in [0.05, 0.1) is 20.8 Å². The molecule has 1 aromatic carbocycles. The minimum Gasteiger partial charge on any atom is -0.493 e. The van der Waals surface area contributed by atoms with Crippen molar-refractivity contribution in [2.24, 2.45) is 0 Å². The van der Waals surface area contributed by atoms with Gasteiger partial charge in [-0.1, -0.05) is 22.0 Å². The first kappa shape index (κ1) is 15.6. The fraction of sp³-hybridized carbons (Fsp3) is 0.357.